The van der Waals surface area contributed by atoms with Gasteiger partial charge < -0.3 is 26.4 Å². The number of aliphatic hydroxyl groups is 1. The summed E-state index contributed by atoms with van der Waals surface area (Å²) in [7, 11) is 0. The van der Waals surface area contributed by atoms with Crippen LogP contribution in [0.3, 0.4) is 0 Å². The quantitative estimate of drug-likeness (QED) is 0.256. The van der Waals surface area contributed by atoms with Gasteiger partial charge in [-0.05, 0) is 55.2 Å². The number of rotatable bonds is 11. The predicted octanol–water partition coefficient (Wildman–Crippen LogP) is 4.78. The van der Waals surface area contributed by atoms with Crippen molar-refractivity contribution >= 4 is 39.9 Å². The topological polar surface area (TPSA) is 138 Å². The Morgan fingerprint density at radius 3 is 2.46 bits per heavy atom. The second kappa shape index (κ2) is 13.2. The highest BCUT2D eigenvalue weighted by atomic mass is 32.1. The van der Waals surface area contributed by atoms with Crippen LogP contribution in [0, 0.1) is 11.6 Å². The van der Waals surface area contributed by atoms with Gasteiger partial charge in [-0.3, -0.25) is 14.4 Å². The highest BCUT2D eigenvalue weighted by Gasteiger charge is 2.23. The first-order chi connectivity index (χ1) is 19.5. The molecule has 1 aliphatic carbocycles. The van der Waals surface area contributed by atoms with Gasteiger partial charge in [0.15, 0.2) is 0 Å². The smallest absolute Gasteiger partial charge is 0.251 e. The Bertz CT molecular complexity index is 1420. The number of carbonyl (C=O) groups excluding carboxylic acids is 3. The summed E-state index contributed by atoms with van der Waals surface area (Å²) in [6.45, 7) is 3.05. The SMILES string of the molecule is CCC(O)c1cc(F)c(-c2cc(C(N)=O)c(Nc3cccc(CN(CC(=O)NC4CCCC4)C(C)=O)n3)s2)c(F)c1. The molecule has 3 aromatic rings. The number of halogens is 2. The van der Waals surface area contributed by atoms with Crippen LogP contribution in [0.5, 0.6) is 0 Å². The van der Waals surface area contributed by atoms with E-state index in [9.17, 15) is 28.3 Å². The van der Waals surface area contributed by atoms with Gasteiger partial charge in [0.2, 0.25) is 11.8 Å². The molecule has 9 nitrogen and oxygen atoms in total. The lowest BCUT2D eigenvalue weighted by atomic mass is 10.0. The number of hydrogen-bond acceptors (Lipinski definition) is 7. The Kier molecular flexibility index (Phi) is 9.66. The molecule has 0 aliphatic heterocycles. The van der Waals surface area contributed by atoms with Crippen molar-refractivity contribution in [3.05, 3.63) is 64.9 Å². The molecule has 0 bridgehead atoms. The number of benzene rings is 1. The molecule has 1 aliphatic rings. The molecule has 0 radical (unpaired) electrons. The minimum atomic E-state index is -1.01. The normalized spacial score (nSPS) is 14.1. The minimum absolute atomic E-state index is 0.0163. The molecule has 3 amide bonds. The molecule has 41 heavy (non-hydrogen) atoms. The van der Waals surface area contributed by atoms with Gasteiger partial charge in [0.25, 0.3) is 5.91 Å². The van der Waals surface area contributed by atoms with E-state index in [0.717, 1.165) is 49.2 Å². The number of amides is 3. The van der Waals surface area contributed by atoms with Crippen molar-refractivity contribution in [2.24, 2.45) is 5.73 Å². The van der Waals surface area contributed by atoms with Crippen LogP contribution in [0.4, 0.5) is 19.6 Å². The minimum Gasteiger partial charge on any atom is -0.388 e. The summed E-state index contributed by atoms with van der Waals surface area (Å²) in [5.74, 6) is -2.77. The number of nitrogens with two attached hydrogens (primary N) is 1. The van der Waals surface area contributed by atoms with E-state index in [0.29, 0.717) is 17.9 Å². The van der Waals surface area contributed by atoms with Gasteiger partial charge in [0.05, 0.1) is 36.0 Å². The Hall–Kier alpha value is -3.90. The van der Waals surface area contributed by atoms with Crippen molar-refractivity contribution in [1.29, 1.82) is 0 Å². The first kappa shape index (κ1) is 30.1. The number of nitrogens with one attached hydrogen (secondary N) is 2. The second-order valence-corrected chi connectivity index (χ2v) is 11.1. The first-order valence-corrected chi connectivity index (χ1v) is 14.3. The zero-order valence-electron chi connectivity index (χ0n) is 22.9. The number of primary amides is 1. The molecule has 0 saturated heterocycles. The van der Waals surface area contributed by atoms with Crippen molar-refractivity contribution in [3.8, 4) is 10.4 Å². The van der Waals surface area contributed by atoms with Crippen LogP contribution in [0.15, 0.2) is 36.4 Å². The largest absolute Gasteiger partial charge is 0.388 e. The number of thiophene rings is 1. The number of nitrogens with zero attached hydrogens (tertiary/aromatic N) is 2. The van der Waals surface area contributed by atoms with Crippen LogP contribution in [0.2, 0.25) is 0 Å². The molecule has 4 rings (SSSR count). The van der Waals surface area contributed by atoms with E-state index < -0.39 is 23.6 Å². The first-order valence-electron chi connectivity index (χ1n) is 13.4. The predicted molar refractivity (Wildman–Crippen MR) is 152 cm³/mol. The molecular formula is C29H33F2N5O4S. The molecule has 2 heterocycles. The van der Waals surface area contributed by atoms with E-state index in [1.807, 2.05) is 0 Å². The van der Waals surface area contributed by atoms with Crippen LogP contribution in [-0.4, -0.2) is 45.3 Å². The van der Waals surface area contributed by atoms with Gasteiger partial charge >= 0.3 is 0 Å². The molecule has 1 unspecified atom stereocenters. The van der Waals surface area contributed by atoms with Crippen LogP contribution in [0.1, 0.15) is 73.7 Å². The number of hydrogen-bond donors (Lipinski definition) is 4. The lowest BCUT2D eigenvalue weighted by molar-refractivity contribution is -0.135. The summed E-state index contributed by atoms with van der Waals surface area (Å²) in [5.41, 5.74) is 5.84. The Morgan fingerprint density at radius 1 is 1.17 bits per heavy atom. The lowest BCUT2D eigenvalue weighted by Crippen LogP contribution is -2.42. The fraction of sp³-hybridized carbons (Fsp3) is 0.379. The highest BCUT2D eigenvalue weighted by Crippen LogP contribution is 2.40. The molecule has 1 atom stereocenters. The third kappa shape index (κ3) is 7.44. The third-order valence-corrected chi connectivity index (χ3v) is 8.05. The van der Waals surface area contributed by atoms with Crippen molar-refractivity contribution in [2.75, 3.05) is 11.9 Å². The number of pyridine rings is 1. The van der Waals surface area contributed by atoms with Crippen LogP contribution in [0.25, 0.3) is 10.4 Å². The Balaban J connectivity index is 1.54. The maximum absolute atomic E-state index is 15.0. The standard InChI is InChI=1S/C29H33F2N5O4S/c1-3-23(38)17-11-21(30)27(22(31)12-17)24-13-20(28(32)40)29(41-24)35-25-10-6-9-19(33-25)14-36(16(2)37)15-26(39)34-18-7-4-5-8-18/h6,9-13,18,23,38H,3-5,7-8,14-15H2,1-2H3,(H2,32,40)(H,33,35)(H,34,39). The van der Waals surface area contributed by atoms with Crippen molar-refractivity contribution in [2.45, 2.75) is 64.6 Å². The van der Waals surface area contributed by atoms with E-state index in [4.69, 9.17) is 5.73 Å². The third-order valence-electron chi connectivity index (χ3n) is 6.98. The summed E-state index contributed by atoms with van der Waals surface area (Å²) in [5, 5.41) is 16.2. The van der Waals surface area contributed by atoms with Gasteiger partial charge in [-0.15, -0.1) is 11.3 Å². The summed E-state index contributed by atoms with van der Waals surface area (Å²) < 4.78 is 29.9. The Labute approximate surface area is 240 Å². The van der Waals surface area contributed by atoms with Crippen molar-refractivity contribution in [1.82, 2.24) is 15.2 Å². The molecule has 0 spiro atoms. The average Bonchev–Trinajstić information content (AvgIpc) is 3.57. The summed E-state index contributed by atoms with van der Waals surface area (Å²) in [6.07, 6.45) is 3.31. The van der Waals surface area contributed by atoms with Crippen LogP contribution >= 0.6 is 11.3 Å². The maximum atomic E-state index is 15.0. The van der Waals surface area contributed by atoms with Crippen LogP contribution < -0.4 is 16.4 Å². The second-order valence-electron chi connectivity index (χ2n) is 10.1. The van der Waals surface area contributed by atoms with E-state index in [1.54, 1.807) is 25.1 Å². The maximum Gasteiger partial charge on any atom is 0.251 e. The molecule has 5 N–H and O–H groups in total. The van der Waals surface area contributed by atoms with E-state index in [-0.39, 0.29) is 57.5 Å². The molecule has 218 valence electrons. The molecule has 12 heteroatoms. The number of anilines is 2. The molecule has 1 aromatic carbocycles. The molecule has 1 fully saturated rings. The van der Waals surface area contributed by atoms with Gasteiger partial charge in [0, 0.05) is 17.8 Å². The molecule has 2 aromatic heterocycles. The monoisotopic (exact) mass is 585 g/mol. The van der Waals surface area contributed by atoms with Gasteiger partial charge in [0.1, 0.15) is 22.5 Å². The van der Waals surface area contributed by atoms with E-state index in [2.05, 4.69) is 15.6 Å². The average molecular weight is 586 g/mol. The van der Waals surface area contributed by atoms with Crippen LogP contribution in [-0.2, 0) is 16.1 Å². The molecular weight excluding hydrogens is 552 g/mol. The van der Waals surface area contributed by atoms with Gasteiger partial charge in [-0.25, -0.2) is 13.8 Å². The number of carbonyl (C=O) groups is 3. The zero-order chi connectivity index (χ0) is 29.7. The number of aliphatic hydroxyl groups excluding tert-OH is 1. The zero-order valence-corrected chi connectivity index (χ0v) is 23.7. The van der Waals surface area contributed by atoms with Gasteiger partial charge in [-0.1, -0.05) is 25.8 Å². The summed E-state index contributed by atoms with van der Waals surface area (Å²) in [6, 6.07) is 8.60. The fourth-order valence-corrected chi connectivity index (χ4v) is 5.91. The highest BCUT2D eigenvalue weighted by molar-refractivity contribution is 7.20. The number of aromatic nitrogens is 1. The fourth-order valence-electron chi connectivity index (χ4n) is 4.79. The van der Waals surface area contributed by atoms with E-state index in [1.165, 1.54) is 17.9 Å². The Morgan fingerprint density at radius 2 is 1.85 bits per heavy atom. The van der Waals surface area contributed by atoms with Gasteiger partial charge in [-0.2, -0.15) is 0 Å². The lowest BCUT2D eigenvalue weighted by Gasteiger charge is -2.22. The summed E-state index contributed by atoms with van der Waals surface area (Å²) in [4.78, 5) is 43.0. The molecule has 1 saturated carbocycles. The van der Waals surface area contributed by atoms with E-state index >= 15 is 0 Å². The van der Waals surface area contributed by atoms with Crippen molar-refractivity contribution < 1.29 is 28.3 Å². The summed E-state index contributed by atoms with van der Waals surface area (Å²) >= 11 is 0.920. The van der Waals surface area contributed by atoms with Crippen molar-refractivity contribution in [3.63, 3.8) is 0 Å².